The van der Waals surface area contributed by atoms with Gasteiger partial charge in [-0.15, -0.1) is 11.8 Å². The average Bonchev–Trinajstić information content (AvgIpc) is 2.43. The third kappa shape index (κ3) is 2.65. The number of fused-ring (bicyclic) bond motifs is 1. The summed E-state index contributed by atoms with van der Waals surface area (Å²) >= 11 is 7.92. The minimum Gasteiger partial charge on any atom is -0.376 e. The van der Waals surface area contributed by atoms with Crippen molar-refractivity contribution in [1.29, 1.82) is 0 Å². The average molecular weight is 308 g/mol. The Morgan fingerprint density at radius 2 is 2.15 bits per heavy atom. The van der Waals surface area contributed by atoms with Crippen LogP contribution in [-0.4, -0.2) is 5.75 Å². The third-order valence-electron chi connectivity index (χ3n) is 3.55. The van der Waals surface area contributed by atoms with Gasteiger partial charge in [0.1, 0.15) is 5.82 Å². The van der Waals surface area contributed by atoms with Gasteiger partial charge in [-0.2, -0.15) is 0 Å². The molecule has 1 N–H and O–H groups in total. The second-order valence-electron chi connectivity index (χ2n) is 4.95. The summed E-state index contributed by atoms with van der Waals surface area (Å²) in [6, 6.07) is 11.2. The summed E-state index contributed by atoms with van der Waals surface area (Å²) in [6.45, 7) is 1.92. The smallest absolute Gasteiger partial charge is 0.146 e. The van der Waals surface area contributed by atoms with E-state index in [0.717, 1.165) is 28.3 Å². The Morgan fingerprint density at radius 3 is 2.95 bits per heavy atom. The van der Waals surface area contributed by atoms with E-state index in [0.29, 0.717) is 5.69 Å². The van der Waals surface area contributed by atoms with Gasteiger partial charge in [0, 0.05) is 15.7 Å². The van der Waals surface area contributed by atoms with Crippen LogP contribution in [0.15, 0.2) is 41.3 Å². The molecule has 20 heavy (non-hydrogen) atoms. The lowest BCUT2D eigenvalue weighted by Crippen LogP contribution is -2.17. The fraction of sp³-hybridized carbons (Fsp3) is 0.250. The molecule has 3 rings (SSSR count). The predicted molar refractivity (Wildman–Crippen MR) is 84.3 cm³/mol. The van der Waals surface area contributed by atoms with Crippen LogP contribution in [0.1, 0.15) is 23.6 Å². The number of anilines is 1. The third-order valence-corrected chi connectivity index (χ3v) is 4.91. The number of aryl methyl sites for hydroxylation is 1. The molecular weight excluding hydrogens is 293 g/mol. The Hall–Kier alpha value is -1.19. The highest BCUT2D eigenvalue weighted by molar-refractivity contribution is 7.99. The maximum absolute atomic E-state index is 14.0. The largest absolute Gasteiger partial charge is 0.376 e. The monoisotopic (exact) mass is 307 g/mol. The first-order chi connectivity index (χ1) is 9.65. The molecule has 0 saturated carbocycles. The molecule has 1 aliphatic rings. The van der Waals surface area contributed by atoms with Gasteiger partial charge >= 0.3 is 0 Å². The van der Waals surface area contributed by atoms with Crippen LogP contribution in [0.5, 0.6) is 0 Å². The van der Waals surface area contributed by atoms with Crippen molar-refractivity contribution in [3.8, 4) is 0 Å². The van der Waals surface area contributed by atoms with Crippen molar-refractivity contribution < 1.29 is 4.39 Å². The van der Waals surface area contributed by atoms with Crippen LogP contribution >= 0.6 is 23.4 Å². The summed E-state index contributed by atoms with van der Waals surface area (Å²) in [6.07, 6.45) is 0.964. The van der Waals surface area contributed by atoms with Crippen molar-refractivity contribution >= 4 is 29.1 Å². The van der Waals surface area contributed by atoms with E-state index in [4.69, 9.17) is 11.6 Å². The molecule has 0 spiro atoms. The summed E-state index contributed by atoms with van der Waals surface area (Å²) < 4.78 is 14.0. The van der Waals surface area contributed by atoms with Gasteiger partial charge in [0.05, 0.1) is 11.7 Å². The standard InChI is InChI=1S/C16H15ClFNS/c1-10-3-2-4-13(18)16(10)19-14-7-8-20-15-6-5-11(17)9-12(14)15/h2-6,9,14,19H,7-8H2,1H3. The topological polar surface area (TPSA) is 12.0 Å². The highest BCUT2D eigenvalue weighted by Gasteiger charge is 2.22. The number of para-hydroxylation sites is 1. The number of rotatable bonds is 2. The molecule has 1 unspecified atom stereocenters. The lowest BCUT2D eigenvalue weighted by molar-refractivity contribution is 0.621. The van der Waals surface area contributed by atoms with E-state index in [-0.39, 0.29) is 11.9 Å². The molecule has 1 heterocycles. The van der Waals surface area contributed by atoms with Gasteiger partial charge in [0.25, 0.3) is 0 Å². The number of hydrogen-bond donors (Lipinski definition) is 1. The maximum Gasteiger partial charge on any atom is 0.146 e. The van der Waals surface area contributed by atoms with Crippen molar-refractivity contribution in [2.45, 2.75) is 24.3 Å². The second-order valence-corrected chi connectivity index (χ2v) is 6.52. The molecule has 0 aromatic heterocycles. The molecule has 1 aliphatic heterocycles. The Kier molecular flexibility index (Phi) is 3.90. The number of benzene rings is 2. The SMILES string of the molecule is Cc1cccc(F)c1NC1CCSc2ccc(Cl)cc21. The summed E-state index contributed by atoms with van der Waals surface area (Å²) in [4.78, 5) is 1.23. The zero-order valence-electron chi connectivity index (χ0n) is 11.1. The van der Waals surface area contributed by atoms with Gasteiger partial charge < -0.3 is 5.32 Å². The van der Waals surface area contributed by atoms with E-state index in [9.17, 15) is 4.39 Å². The minimum absolute atomic E-state index is 0.112. The molecule has 0 amide bonds. The number of hydrogen-bond acceptors (Lipinski definition) is 2. The molecule has 104 valence electrons. The molecule has 1 nitrogen and oxygen atoms in total. The molecular formula is C16H15ClFNS. The van der Waals surface area contributed by atoms with Gasteiger partial charge in [-0.1, -0.05) is 23.7 Å². The molecule has 0 fully saturated rings. The highest BCUT2D eigenvalue weighted by Crippen LogP contribution is 2.39. The van der Waals surface area contributed by atoms with Crippen LogP contribution in [0.4, 0.5) is 10.1 Å². The van der Waals surface area contributed by atoms with Crippen molar-refractivity contribution in [2.24, 2.45) is 0 Å². The molecule has 0 aliphatic carbocycles. The quantitative estimate of drug-likeness (QED) is 0.793. The van der Waals surface area contributed by atoms with Gasteiger partial charge in [0.2, 0.25) is 0 Å². The van der Waals surface area contributed by atoms with E-state index in [1.54, 1.807) is 6.07 Å². The zero-order valence-corrected chi connectivity index (χ0v) is 12.7. The van der Waals surface area contributed by atoms with Crippen molar-refractivity contribution in [2.75, 3.05) is 11.1 Å². The van der Waals surface area contributed by atoms with Crippen LogP contribution in [0.2, 0.25) is 5.02 Å². The second kappa shape index (κ2) is 5.66. The summed E-state index contributed by atoms with van der Waals surface area (Å²) in [5, 5.41) is 4.08. The normalized spacial score (nSPS) is 17.6. The van der Waals surface area contributed by atoms with Gasteiger partial charge in [0.15, 0.2) is 0 Å². The fourth-order valence-electron chi connectivity index (χ4n) is 2.50. The van der Waals surface area contributed by atoms with Crippen LogP contribution < -0.4 is 5.32 Å². The minimum atomic E-state index is -0.202. The Bertz CT molecular complexity index is 624. The van der Waals surface area contributed by atoms with Crippen LogP contribution in [0.3, 0.4) is 0 Å². The van der Waals surface area contributed by atoms with E-state index in [2.05, 4.69) is 5.32 Å². The van der Waals surface area contributed by atoms with E-state index < -0.39 is 0 Å². The molecule has 0 saturated heterocycles. The van der Waals surface area contributed by atoms with Gasteiger partial charge in [-0.05, 0) is 48.7 Å². The van der Waals surface area contributed by atoms with E-state index >= 15 is 0 Å². The Balaban J connectivity index is 1.95. The van der Waals surface area contributed by atoms with Crippen molar-refractivity contribution in [3.63, 3.8) is 0 Å². The Labute approximate surface area is 127 Å². The summed E-state index contributed by atoms with van der Waals surface area (Å²) in [7, 11) is 0. The lowest BCUT2D eigenvalue weighted by Gasteiger charge is -2.27. The van der Waals surface area contributed by atoms with Crippen LogP contribution in [-0.2, 0) is 0 Å². The van der Waals surface area contributed by atoms with Gasteiger partial charge in [-0.25, -0.2) is 4.39 Å². The summed E-state index contributed by atoms with van der Waals surface area (Å²) in [5.74, 6) is 0.826. The number of thioether (sulfide) groups is 1. The molecule has 2 aromatic rings. The molecule has 2 aromatic carbocycles. The maximum atomic E-state index is 14.0. The first-order valence-electron chi connectivity index (χ1n) is 6.59. The van der Waals surface area contributed by atoms with Crippen LogP contribution in [0, 0.1) is 12.7 Å². The summed E-state index contributed by atoms with van der Waals surface area (Å²) in [5.41, 5.74) is 2.68. The number of nitrogens with one attached hydrogen (secondary N) is 1. The molecule has 0 radical (unpaired) electrons. The van der Waals surface area contributed by atoms with E-state index in [1.165, 1.54) is 11.0 Å². The molecule has 4 heteroatoms. The molecule has 1 atom stereocenters. The van der Waals surface area contributed by atoms with Gasteiger partial charge in [-0.3, -0.25) is 0 Å². The Morgan fingerprint density at radius 1 is 1.30 bits per heavy atom. The number of halogens is 2. The fourth-order valence-corrected chi connectivity index (χ4v) is 3.79. The molecule has 0 bridgehead atoms. The predicted octanol–water partition coefficient (Wildman–Crippen LogP) is 5.44. The highest BCUT2D eigenvalue weighted by atomic mass is 35.5. The van der Waals surface area contributed by atoms with E-state index in [1.807, 2.05) is 43.0 Å². The van der Waals surface area contributed by atoms with Crippen molar-refractivity contribution in [3.05, 3.63) is 58.4 Å². The lowest BCUT2D eigenvalue weighted by atomic mass is 10.0. The van der Waals surface area contributed by atoms with Crippen molar-refractivity contribution in [1.82, 2.24) is 0 Å². The first kappa shape index (κ1) is 13.8. The zero-order chi connectivity index (χ0) is 14.1. The van der Waals surface area contributed by atoms with Crippen LogP contribution in [0.25, 0.3) is 0 Å². The first-order valence-corrected chi connectivity index (χ1v) is 7.95.